The van der Waals surface area contributed by atoms with Crippen molar-refractivity contribution in [2.75, 3.05) is 60.0 Å². The van der Waals surface area contributed by atoms with Crippen LogP contribution in [0.3, 0.4) is 0 Å². The molecule has 3 aliphatic heterocycles. The minimum Gasteiger partial charge on any atom is -0.494 e. The topological polar surface area (TPSA) is 186 Å². The number of hydrogen-bond acceptors (Lipinski definition) is 12. The van der Waals surface area contributed by atoms with E-state index >= 15 is 0 Å². The van der Waals surface area contributed by atoms with Crippen molar-refractivity contribution < 1.29 is 46.6 Å². The number of nitrogens with one attached hydrogen (secondary N) is 4. The number of rotatable bonds is 16. The summed E-state index contributed by atoms with van der Waals surface area (Å²) in [5.41, 5.74) is -0.378. The van der Waals surface area contributed by atoms with E-state index < -0.39 is 47.2 Å². The summed E-state index contributed by atoms with van der Waals surface area (Å²) >= 11 is 0. The van der Waals surface area contributed by atoms with Gasteiger partial charge in [0.2, 0.25) is 5.91 Å². The Morgan fingerprint density at radius 3 is 2.40 bits per heavy atom. The van der Waals surface area contributed by atoms with Gasteiger partial charge in [-0.3, -0.25) is 29.0 Å². The summed E-state index contributed by atoms with van der Waals surface area (Å²) in [6.07, 6.45) is 4.65. The molecule has 1 aromatic carbocycles. The molecule has 1 aliphatic carbocycles. The van der Waals surface area contributed by atoms with Crippen LogP contribution in [0.5, 0.6) is 5.75 Å². The molecule has 4 amide bonds. The first-order chi connectivity index (χ1) is 28.8. The molecule has 6 rings (SSSR count). The molecule has 2 fully saturated rings. The maximum atomic E-state index is 13.2. The average molecular weight is 835 g/mol. The summed E-state index contributed by atoms with van der Waals surface area (Å²) in [7, 11) is 2.79. The lowest BCUT2D eigenvalue weighted by Gasteiger charge is -2.37. The van der Waals surface area contributed by atoms with Crippen LogP contribution in [0.1, 0.15) is 75.4 Å². The predicted octanol–water partition coefficient (Wildman–Crippen LogP) is 3.70. The number of hydrogen-bond donors (Lipinski definition) is 4. The van der Waals surface area contributed by atoms with Gasteiger partial charge in [0.25, 0.3) is 17.7 Å². The highest BCUT2D eigenvalue weighted by molar-refractivity contribution is 6.23. The first-order valence-electron chi connectivity index (χ1n) is 19.9. The number of benzene rings is 1. The molecule has 0 bridgehead atoms. The highest BCUT2D eigenvalue weighted by atomic mass is 19.4. The van der Waals surface area contributed by atoms with Crippen LogP contribution < -0.4 is 20.7 Å². The van der Waals surface area contributed by atoms with Gasteiger partial charge < -0.3 is 40.5 Å². The van der Waals surface area contributed by atoms with Crippen molar-refractivity contribution in [1.29, 1.82) is 5.41 Å². The molecule has 1 aromatic heterocycles. The largest absolute Gasteiger partial charge is 0.494 e. The lowest BCUT2D eigenvalue weighted by atomic mass is 9.94. The van der Waals surface area contributed by atoms with E-state index in [9.17, 15) is 37.1 Å². The summed E-state index contributed by atoms with van der Waals surface area (Å²) in [6, 6.07) is 6.92. The van der Waals surface area contributed by atoms with Gasteiger partial charge in [0.15, 0.2) is 0 Å². The second-order valence-electron chi connectivity index (χ2n) is 15.1. The van der Waals surface area contributed by atoms with Crippen molar-refractivity contribution in [3.8, 4) is 5.75 Å². The maximum Gasteiger partial charge on any atom is 0.433 e. The lowest BCUT2D eigenvalue weighted by Crippen LogP contribution is -2.48. The smallest absolute Gasteiger partial charge is 0.433 e. The highest BCUT2D eigenvalue weighted by Crippen LogP contribution is 2.31. The number of carbonyl (C=O) groups is 5. The summed E-state index contributed by atoms with van der Waals surface area (Å²) < 4.78 is 50.8. The number of likely N-dealkylation sites (N-methyl/N-ethyl adjacent to an activating group) is 1. The number of aldehydes is 1. The van der Waals surface area contributed by atoms with Gasteiger partial charge in [0, 0.05) is 63.5 Å². The molecule has 4 aliphatic rings. The molecule has 18 heteroatoms. The van der Waals surface area contributed by atoms with E-state index in [0.717, 1.165) is 75.4 Å². The Hall–Kier alpha value is -5.88. The second-order valence-corrected chi connectivity index (χ2v) is 15.1. The molecule has 0 saturated carbocycles. The number of halogens is 3. The van der Waals surface area contributed by atoms with Gasteiger partial charge >= 0.3 is 6.18 Å². The molecule has 0 radical (unpaired) electrons. The molecule has 2 aromatic rings. The van der Waals surface area contributed by atoms with E-state index in [0.29, 0.717) is 36.7 Å². The van der Waals surface area contributed by atoms with Gasteiger partial charge in [-0.05, 0) is 87.5 Å². The monoisotopic (exact) mass is 834 g/mol. The minimum absolute atomic E-state index is 0.0327. The quantitative estimate of drug-likeness (QED) is 0.143. The predicted molar refractivity (Wildman–Crippen MR) is 213 cm³/mol. The number of methoxy groups -OCH3 is 1. The Morgan fingerprint density at radius 2 is 1.72 bits per heavy atom. The summed E-state index contributed by atoms with van der Waals surface area (Å²) in [5, 5.41) is 16.9. The van der Waals surface area contributed by atoms with Crippen molar-refractivity contribution in [1.82, 2.24) is 35.6 Å². The van der Waals surface area contributed by atoms with Crippen molar-refractivity contribution in [2.45, 2.75) is 56.8 Å². The van der Waals surface area contributed by atoms with E-state index in [1.54, 1.807) is 18.3 Å². The number of imide groups is 1. The molecule has 2 saturated heterocycles. The Labute approximate surface area is 345 Å². The van der Waals surface area contributed by atoms with Gasteiger partial charge in [0.05, 0.1) is 29.6 Å². The van der Waals surface area contributed by atoms with Gasteiger partial charge in [-0.1, -0.05) is 6.07 Å². The van der Waals surface area contributed by atoms with E-state index in [2.05, 4.69) is 30.7 Å². The minimum atomic E-state index is -4.70. The zero-order valence-corrected chi connectivity index (χ0v) is 33.5. The van der Waals surface area contributed by atoms with Crippen LogP contribution in [-0.2, 0) is 20.5 Å². The number of nitrogens with zero attached hydrogens (tertiary/aromatic N) is 4. The van der Waals surface area contributed by atoms with Gasteiger partial charge in [-0.2, -0.15) is 13.2 Å². The number of piperidine rings is 2. The Morgan fingerprint density at radius 1 is 1.00 bits per heavy atom. The third-order valence-corrected chi connectivity index (χ3v) is 11.2. The Bertz CT molecular complexity index is 2070. The number of alkyl halides is 3. The Balaban J connectivity index is 0.916. The first-order valence-corrected chi connectivity index (χ1v) is 19.9. The number of likely N-dealkylation sites (tertiary alicyclic amines) is 2. The molecule has 4 heterocycles. The van der Waals surface area contributed by atoms with Crippen molar-refractivity contribution >= 4 is 35.6 Å². The molecule has 60 heavy (non-hydrogen) atoms. The fraction of sp³-hybridized carbons (Fsp3) is 0.452. The van der Waals surface area contributed by atoms with E-state index in [-0.39, 0.29) is 47.2 Å². The standard InChI is InChI=1S/C42H49F3N8O7/c1-47-39(56)35(6-4-19-54)53-40(57)30-9-8-29(22-31(30)41(53)58)60-20-18-51-14-10-26(11-15-51)25-52-16-12-28(13-17-52)48-24-27-21-34(36(59-2)23-32(27)46)50-38(55)33-5-3-7-37(49-33)42(43,44)45/h3,5,7-9,19,21-24,26,28,35,46,48H,4,6,10-18,20,25H2,1-2H3,(H,47,56)(H,50,55)/b27-24-,46-32?. The van der Waals surface area contributed by atoms with Crippen LogP contribution in [0.25, 0.3) is 0 Å². The summed E-state index contributed by atoms with van der Waals surface area (Å²) in [5.74, 6) is -1.30. The van der Waals surface area contributed by atoms with Crippen LogP contribution in [-0.4, -0.2) is 127 Å². The fourth-order valence-corrected chi connectivity index (χ4v) is 7.81. The highest BCUT2D eigenvalue weighted by Gasteiger charge is 2.42. The number of aromatic nitrogens is 1. The summed E-state index contributed by atoms with van der Waals surface area (Å²) in [6.45, 7) is 5.82. The summed E-state index contributed by atoms with van der Waals surface area (Å²) in [4.78, 5) is 71.8. The normalized spacial score (nSPS) is 19.4. The van der Waals surface area contributed by atoms with Crippen molar-refractivity contribution in [3.63, 3.8) is 0 Å². The molecule has 1 unspecified atom stereocenters. The SMILES string of the molecule is CNC(=O)C(CCC=O)N1C(=O)c2ccc(OCCN3CCC(CN4CCC(N/C=C5/C=C(NC(=O)c6cccc(C(F)(F)F)n6)C(OC)=CC5=N)CC4)CC3)cc2C1=O. The Kier molecular flexibility index (Phi) is 14.2. The number of amides is 4. The number of allylic oxidation sites excluding steroid dienone is 3. The third kappa shape index (κ3) is 10.5. The van der Waals surface area contributed by atoms with Gasteiger partial charge in [-0.15, -0.1) is 0 Å². The number of ether oxygens (including phenoxy) is 2. The molecular weight excluding hydrogens is 786 g/mol. The number of fused-ring (bicyclic) bond motifs is 1. The van der Waals surface area contributed by atoms with Crippen LogP contribution in [0.2, 0.25) is 0 Å². The number of carbonyl (C=O) groups excluding carboxylic acids is 5. The van der Waals surface area contributed by atoms with Crippen molar-refractivity contribution in [2.24, 2.45) is 5.92 Å². The zero-order chi connectivity index (χ0) is 43.0. The molecule has 1 atom stereocenters. The molecule has 0 spiro atoms. The van der Waals surface area contributed by atoms with E-state index in [4.69, 9.17) is 14.9 Å². The van der Waals surface area contributed by atoms with Crippen LogP contribution in [0, 0.1) is 11.3 Å². The molecule has 15 nitrogen and oxygen atoms in total. The average Bonchev–Trinajstić information content (AvgIpc) is 3.49. The fourth-order valence-electron chi connectivity index (χ4n) is 7.81. The third-order valence-electron chi connectivity index (χ3n) is 11.2. The molecular formula is C42H49F3N8O7. The van der Waals surface area contributed by atoms with E-state index in [1.807, 2.05) is 0 Å². The van der Waals surface area contributed by atoms with Gasteiger partial charge in [-0.25, -0.2) is 4.98 Å². The van der Waals surface area contributed by atoms with Crippen molar-refractivity contribution in [3.05, 3.63) is 94.3 Å². The first kappa shape index (κ1) is 43.7. The van der Waals surface area contributed by atoms with Crippen LogP contribution >= 0.6 is 0 Å². The van der Waals surface area contributed by atoms with Gasteiger partial charge in [0.1, 0.15) is 41.8 Å². The molecule has 320 valence electrons. The van der Waals surface area contributed by atoms with Crippen LogP contribution in [0.4, 0.5) is 13.2 Å². The van der Waals surface area contributed by atoms with Crippen LogP contribution in [0.15, 0.2) is 71.8 Å². The maximum absolute atomic E-state index is 13.2. The van der Waals surface area contributed by atoms with E-state index in [1.165, 1.54) is 38.4 Å². The number of pyridine rings is 1. The lowest BCUT2D eigenvalue weighted by molar-refractivity contribution is -0.141. The second kappa shape index (κ2) is 19.5. The molecule has 4 N–H and O–H groups in total. The zero-order valence-electron chi connectivity index (χ0n) is 33.5.